The highest BCUT2D eigenvalue weighted by atomic mass is 19.1. The number of amides is 2. The summed E-state index contributed by atoms with van der Waals surface area (Å²) in [6, 6.07) is 10.8. The lowest BCUT2D eigenvalue weighted by atomic mass is 10.1. The molecule has 0 saturated heterocycles. The van der Waals surface area contributed by atoms with Gasteiger partial charge in [0.1, 0.15) is 17.7 Å². The Balaban J connectivity index is 1.80. The van der Waals surface area contributed by atoms with E-state index >= 15 is 0 Å². The Bertz CT molecular complexity index is 1070. The molecule has 0 radical (unpaired) electrons. The van der Waals surface area contributed by atoms with Crippen molar-refractivity contribution in [3.63, 3.8) is 0 Å². The normalized spacial score (nSPS) is 11.7. The third-order valence-corrected chi connectivity index (χ3v) is 4.74. The molecule has 32 heavy (non-hydrogen) atoms. The minimum Gasteiger partial charge on any atom is -0.481 e. The molecule has 0 aliphatic heterocycles. The molecule has 3 rings (SSSR count). The molecule has 168 valence electrons. The summed E-state index contributed by atoms with van der Waals surface area (Å²) in [7, 11) is 0. The van der Waals surface area contributed by atoms with Gasteiger partial charge in [-0.25, -0.2) is 13.6 Å². The second-order valence-electron chi connectivity index (χ2n) is 7.01. The van der Waals surface area contributed by atoms with Crippen molar-refractivity contribution in [1.29, 1.82) is 0 Å². The van der Waals surface area contributed by atoms with Crippen LogP contribution in [-0.4, -0.2) is 38.7 Å². The minimum atomic E-state index is -1.07. The molecule has 0 spiro atoms. The fourth-order valence-corrected chi connectivity index (χ4v) is 3.05. The van der Waals surface area contributed by atoms with E-state index in [0.717, 1.165) is 23.8 Å². The molecule has 10 heteroatoms. The number of carbonyl (C=O) groups is 2. The van der Waals surface area contributed by atoms with Crippen molar-refractivity contribution in [3.8, 4) is 11.4 Å². The number of hydrogen-bond acceptors (Lipinski definition) is 5. The number of halogens is 2. The topological polar surface area (TPSA) is 109 Å². The monoisotopic (exact) mass is 444 g/mol. The standard InChI is InChI=1S/C22H22F2N4O4/c1-2-28(13-14-6-4-3-5-7-14)22(31)25-18(10-11-19(29)30)21-26-20(27-32-21)16-12-15(23)8-9-17(16)24/h3-9,12,18H,2,10-11,13H2,1H3,(H,25,31)(H,29,30)/t18-/m0/s1. The van der Waals surface area contributed by atoms with E-state index < -0.39 is 29.7 Å². The van der Waals surface area contributed by atoms with E-state index in [1.807, 2.05) is 37.3 Å². The molecule has 8 nitrogen and oxygen atoms in total. The molecular weight excluding hydrogens is 422 g/mol. The fraction of sp³-hybridized carbons (Fsp3) is 0.273. The number of carbonyl (C=O) groups excluding carboxylic acids is 1. The van der Waals surface area contributed by atoms with E-state index in [1.54, 1.807) is 0 Å². The van der Waals surface area contributed by atoms with E-state index in [-0.39, 0.29) is 30.1 Å². The van der Waals surface area contributed by atoms with Crippen LogP contribution in [0, 0.1) is 11.6 Å². The first-order valence-corrected chi connectivity index (χ1v) is 9.97. The predicted octanol–water partition coefficient (Wildman–Crippen LogP) is 4.15. The average molecular weight is 444 g/mol. The van der Waals surface area contributed by atoms with Crippen LogP contribution in [0.3, 0.4) is 0 Å². The minimum absolute atomic E-state index is 0.0305. The summed E-state index contributed by atoms with van der Waals surface area (Å²) >= 11 is 0. The Kier molecular flexibility index (Phi) is 7.48. The number of nitrogens with one attached hydrogen (secondary N) is 1. The van der Waals surface area contributed by atoms with Crippen LogP contribution in [0.5, 0.6) is 0 Å². The summed E-state index contributed by atoms with van der Waals surface area (Å²) in [5, 5.41) is 15.4. The Morgan fingerprint density at radius 1 is 1.19 bits per heavy atom. The third kappa shape index (κ3) is 5.87. The summed E-state index contributed by atoms with van der Waals surface area (Å²) in [6.07, 6.45) is -0.307. The SMILES string of the molecule is CCN(Cc1ccccc1)C(=O)N[C@@H](CCC(=O)O)c1nc(-c2cc(F)ccc2F)no1. The predicted molar refractivity (Wildman–Crippen MR) is 110 cm³/mol. The van der Waals surface area contributed by atoms with Gasteiger partial charge in [0.2, 0.25) is 11.7 Å². The van der Waals surface area contributed by atoms with Gasteiger partial charge in [-0.3, -0.25) is 4.79 Å². The van der Waals surface area contributed by atoms with Gasteiger partial charge in [0, 0.05) is 19.5 Å². The van der Waals surface area contributed by atoms with Gasteiger partial charge in [-0.1, -0.05) is 35.5 Å². The first kappa shape index (κ1) is 22.9. The second-order valence-corrected chi connectivity index (χ2v) is 7.01. The Hall–Kier alpha value is -3.82. The van der Waals surface area contributed by atoms with Crippen LogP contribution < -0.4 is 5.32 Å². The molecule has 1 aromatic heterocycles. The molecule has 0 aliphatic rings. The molecule has 1 heterocycles. The van der Waals surface area contributed by atoms with Gasteiger partial charge in [0.15, 0.2) is 0 Å². The fourth-order valence-electron chi connectivity index (χ4n) is 3.05. The molecular formula is C22H22F2N4O4. The van der Waals surface area contributed by atoms with Crippen LogP contribution in [0.1, 0.15) is 37.3 Å². The van der Waals surface area contributed by atoms with E-state index in [2.05, 4.69) is 15.5 Å². The molecule has 2 amide bonds. The third-order valence-electron chi connectivity index (χ3n) is 4.74. The van der Waals surface area contributed by atoms with Gasteiger partial charge < -0.3 is 19.8 Å². The number of rotatable bonds is 9. The van der Waals surface area contributed by atoms with Crippen LogP contribution >= 0.6 is 0 Å². The molecule has 0 bridgehead atoms. The van der Waals surface area contributed by atoms with Crippen LogP contribution in [0.15, 0.2) is 53.1 Å². The lowest BCUT2D eigenvalue weighted by Gasteiger charge is -2.24. The highest BCUT2D eigenvalue weighted by Gasteiger charge is 2.25. The number of nitrogens with zero attached hydrogens (tertiary/aromatic N) is 3. The number of carboxylic acid groups (broad SMARTS) is 1. The molecule has 3 aromatic rings. The van der Waals surface area contributed by atoms with Crippen molar-refractivity contribution in [2.45, 2.75) is 32.4 Å². The number of urea groups is 1. The summed E-state index contributed by atoms with van der Waals surface area (Å²) < 4.78 is 32.7. The van der Waals surface area contributed by atoms with Crippen LogP contribution in [-0.2, 0) is 11.3 Å². The molecule has 2 aromatic carbocycles. The number of hydrogen-bond donors (Lipinski definition) is 2. The van der Waals surface area contributed by atoms with Gasteiger partial charge in [0.25, 0.3) is 0 Å². The van der Waals surface area contributed by atoms with Crippen LogP contribution in [0.4, 0.5) is 13.6 Å². The summed E-state index contributed by atoms with van der Waals surface area (Å²) in [6.45, 7) is 2.56. The zero-order chi connectivity index (χ0) is 23.1. The highest BCUT2D eigenvalue weighted by molar-refractivity contribution is 5.75. The van der Waals surface area contributed by atoms with Gasteiger partial charge in [-0.05, 0) is 37.1 Å². The quantitative estimate of drug-likeness (QED) is 0.513. The highest BCUT2D eigenvalue weighted by Crippen LogP contribution is 2.24. The van der Waals surface area contributed by atoms with Crippen molar-refractivity contribution >= 4 is 12.0 Å². The largest absolute Gasteiger partial charge is 0.481 e. The maximum absolute atomic E-state index is 14.0. The first-order chi connectivity index (χ1) is 15.4. The number of benzene rings is 2. The molecule has 2 N–H and O–H groups in total. The second kappa shape index (κ2) is 10.5. The zero-order valence-corrected chi connectivity index (χ0v) is 17.3. The molecule has 0 unspecified atom stereocenters. The molecule has 0 saturated carbocycles. The van der Waals surface area contributed by atoms with Crippen LogP contribution in [0.25, 0.3) is 11.4 Å². The Labute approximate surface area is 182 Å². The van der Waals surface area contributed by atoms with Gasteiger partial charge in [-0.15, -0.1) is 0 Å². The Morgan fingerprint density at radius 3 is 2.62 bits per heavy atom. The van der Waals surface area contributed by atoms with E-state index in [4.69, 9.17) is 9.63 Å². The summed E-state index contributed by atoms with van der Waals surface area (Å²) in [4.78, 5) is 29.5. The number of aromatic nitrogens is 2. The summed E-state index contributed by atoms with van der Waals surface area (Å²) in [5.74, 6) is -2.80. The first-order valence-electron chi connectivity index (χ1n) is 9.97. The van der Waals surface area contributed by atoms with Gasteiger partial charge in [0.05, 0.1) is 5.56 Å². The lowest BCUT2D eigenvalue weighted by molar-refractivity contribution is -0.137. The van der Waals surface area contributed by atoms with E-state index in [0.29, 0.717) is 13.1 Å². The van der Waals surface area contributed by atoms with Crippen molar-refractivity contribution in [1.82, 2.24) is 20.4 Å². The Morgan fingerprint density at radius 2 is 1.94 bits per heavy atom. The smallest absolute Gasteiger partial charge is 0.318 e. The van der Waals surface area contributed by atoms with Gasteiger partial charge >= 0.3 is 12.0 Å². The zero-order valence-electron chi connectivity index (χ0n) is 17.3. The van der Waals surface area contributed by atoms with Crippen molar-refractivity contribution in [2.75, 3.05) is 6.54 Å². The van der Waals surface area contributed by atoms with E-state index in [9.17, 15) is 18.4 Å². The maximum Gasteiger partial charge on any atom is 0.318 e. The summed E-state index contributed by atoms with van der Waals surface area (Å²) in [5.41, 5.74) is 0.718. The van der Waals surface area contributed by atoms with Crippen molar-refractivity contribution in [2.24, 2.45) is 0 Å². The van der Waals surface area contributed by atoms with E-state index in [1.165, 1.54) is 4.90 Å². The molecule has 1 atom stereocenters. The number of aliphatic carboxylic acids is 1. The average Bonchev–Trinajstić information content (AvgIpc) is 3.27. The molecule has 0 fully saturated rings. The van der Waals surface area contributed by atoms with Gasteiger partial charge in [-0.2, -0.15) is 4.98 Å². The molecule has 0 aliphatic carbocycles. The van der Waals surface area contributed by atoms with Crippen molar-refractivity contribution in [3.05, 3.63) is 71.6 Å². The van der Waals surface area contributed by atoms with Crippen LogP contribution in [0.2, 0.25) is 0 Å². The van der Waals surface area contributed by atoms with Crippen molar-refractivity contribution < 1.29 is 28.0 Å². The number of carboxylic acids is 1. The lowest BCUT2D eigenvalue weighted by Crippen LogP contribution is -2.41. The maximum atomic E-state index is 14.0.